The van der Waals surface area contributed by atoms with Gasteiger partial charge in [0.05, 0.1) is 0 Å². The summed E-state index contributed by atoms with van der Waals surface area (Å²) in [6, 6.07) is 8.40. The lowest BCUT2D eigenvalue weighted by Crippen LogP contribution is -2.20. The van der Waals surface area contributed by atoms with E-state index in [2.05, 4.69) is 34.1 Å². The molecule has 1 aliphatic heterocycles. The predicted octanol–water partition coefficient (Wildman–Crippen LogP) is 3.45. The van der Waals surface area contributed by atoms with Gasteiger partial charge in [-0.25, -0.2) is 4.98 Å². The minimum atomic E-state index is 0.624. The van der Waals surface area contributed by atoms with Gasteiger partial charge in [-0.3, -0.25) is 0 Å². The van der Waals surface area contributed by atoms with Gasteiger partial charge in [-0.1, -0.05) is 36.4 Å². The number of nitrogen functional groups attached to an aromatic ring is 1. The molecule has 0 atom stereocenters. The third-order valence-electron chi connectivity index (χ3n) is 3.70. The van der Waals surface area contributed by atoms with Crippen molar-refractivity contribution in [1.29, 1.82) is 0 Å². The van der Waals surface area contributed by atoms with E-state index in [1.807, 2.05) is 19.1 Å². The molecule has 0 aliphatic carbocycles. The number of nitrogens with zero attached hydrogens (tertiary/aromatic N) is 2. The smallest absolute Gasteiger partial charge is 0.138 e. The van der Waals surface area contributed by atoms with Crippen LogP contribution in [0.15, 0.2) is 30.3 Å². The highest BCUT2D eigenvalue weighted by Crippen LogP contribution is 2.33. The van der Waals surface area contributed by atoms with Crippen LogP contribution in [0, 0.1) is 0 Å². The molecular formula is C16H19N3. The standard InChI is InChI=1S/C16H19N3/c1-2-7-13-12-8-3-4-9-14(12)16(18-15(13)17)19-10-5-6-11-19/h2-4,7-9H,5-6,10-11H2,1H3,(H2,17,18)/b7-2+. The number of fused-ring (bicyclic) bond motifs is 1. The summed E-state index contributed by atoms with van der Waals surface area (Å²) in [7, 11) is 0. The van der Waals surface area contributed by atoms with Gasteiger partial charge in [0.15, 0.2) is 0 Å². The van der Waals surface area contributed by atoms with Crippen molar-refractivity contribution in [3.05, 3.63) is 35.9 Å². The average Bonchev–Trinajstić information content (AvgIpc) is 2.95. The Morgan fingerprint density at radius 1 is 1.16 bits per heavy atom. The first-order valence-electron chi connectivity index (χ1n) is 6.87. The molecule has 19 heavy (non-hydrogen) atoms. The van der Waals surface area contributed by atoms with Crippen molar-refractivity contribution in [2.24, 2.45) is 0 Å². The fourth-order valence-corrected chi connectivity index (χ4v) is 2.80. The molecule has 1 fully saturated rings. The number of nitrogens with two attached hydrogens (primary N) is 1. The lowest BCUT2D eigenvalue weighted by molar-refractivity contribution is 0.947. The van der Waals surface area contributed by atoms with Crippen LogP contribution < -0.4 is 10.6 Å². The molecule has 1 aliphatic rings. The van der Waals surface area contributed by atoms with Crippen LogP contribution in [0.5, 0.6) is 0 Å². The van der Waals surface area contributed by atoms with E-state index in [1.54, 1.807) is 0 Å². The normalized spacial score (nSPS) is 15.7. The first-order chi connectivity index (χ1) is 9.31. The van der Waals surface area contributed by atoms with Crippen LogP contribution in [0.3, 0.4) is 0 Å². The summed E-state index contributed by atoms with van der Waals surface area (Å²) in [4.78, 5) is 7.00. The van der Waals surface area contributed by atoms with Gasteiger partial charge in [-0.15, -0.1) is 0 Å². The number of allylic oxidation sites excluding steroid dienone is 1. The summed E-state index contributed by atoms with van der Waals surface area (Å²) < 4.78 is 0. The van der Waals surface area contributed by atoms with E-state index in [0.29, 0.717) is 5.82 Å². The molecular weight excluding hydrogens is 234 g/mol. The molecule has 2 aromatic rings. The van der Waals surface area contributed by atoms with Crippen LogP contribution in [-0.2, 0) is 0 Å². The molecule has 0 bridgehead atoms. The van der Waals surface area contributed by atoms with Gasteiger partial charge in [0, 0.05) is 24.0 Å². The zero-order valence-electron chi connectivity index (χ0n) is 11.3. The molecule has 1 aromatic carbocycles. The van der Waals surface area contributed by atoms with Gasteiger partial charge in [0.25, 0.3) is 0 Å². The van der Waals surface area contributed by atoms with E-state index >= 15 is 0 Å². The van der Waals surface area contributed by atoms with Gasteiger partial charge >= 0.3 is 0 Å². The fraction of sp³-hybridized carbons (Fsp3) is 0.312. The number of aromatic nitrogens is 1. The predicted molar refractivity (Wildman–Crippen MR) is 82.3 cm³/mol. The summed E-state index contributed by atoms with van der Waals surface area (Å²) in [5.74, 6) is 1.66. The Morgan fingerprint density at radius 2 is 1.84 bits per heavy atom. The molecule has 0 saturated carbocycles. The summed E-state index contributed by atoms with van der Waals surface area (Å²) in [6.45, 7) is 4.17. The molecule has 3 nitrogen and oxygen atoms in total. The van der Waals surface area contributed by atoms with E-state index in [0.717, 1.165) is 24.5 Å². The second-order valence-electron chi connectivity index (χ2n) is 4.97. The van der Waals surface area contributed by atoms with Gasteiger partial charge in [0.1, 0.15) is 11.6 Å². The third kappa shape index (κ3) is 2.05. The van der Waals surface area contributed by atoms with E-state index in [-0.39, 0.29) is 0 Å². The highest BCUT2D eigenvalue weighted by Gasteiger charge is 2.18. The van der Waals surface area contributed by atoms with Crippen LogP contribution in [0.1, 0.15) is 25.3 Å². The van der Waals surface area contributed by atoms with Gasteiger partial charge < -0.3 is 10.6 Å². The third-order valence-corrected chi connectivity index (χ3v) is 3.70. The van der Waals surface area contributed by atoms with Crippen molar-refractivity contribution in [2.75, 3.05) is 23.7 Å². The number of hydrogen-bond donors (Lipinski definition) is 1. The Kier molecular flexibility index (Phi) is 3.11. The maximum absolute atomic E-state index is 6.15. The topological polar surface area (TPSA) is 42.1 Å². The number of hydrogen-bond acceptors (Lipinski definition) is 3. The van der Waals surface area contributed by atoms with E-state index < -0.39 is 0 Å². The van der Waals surface area contributed by atoms with E-state index in [1.165, 1.54) is 23.6 Å². The van der Waals surface area contributed by atoms with Crippen molar-refractivity contribution in [3.63, 3.8) is 0 Å². The highest BCUT2D eigenvalue weighted by molar-refractivity contribution is 6.00. The van der Waals surface area contributed by atoms with E-state index in [4.69, 9.17) is 5.73 Å². The molecule has 0 amide bonds. The second-order valence-corrected chi connectivity index (χ2v) is 4.97. The summed E-state index contributed by atoms with van der Waals surface area (Å²) in [5.41, 5.74) is 7.18. The van der Waals surface area contributed by atoms with Crippen LogP contribution in [0.4, 0.5) is 11.6 Å². The Morgan fingerprint density at radius 3 is 2.53 bits per heavy atom. The highest BCUT2D eigenvalue weighted by atomic mass is 15.2. The summed E-state index contributed by atoms with van der Waals surface area (Å²) in [5, 5.41) is 2.39. The Labute approximate surface area is 113 Å². The molecule has 2 heterocycles. The average molecular weight is 253 g/mol. The first kappa shape index (κ1) is 12.0. The Hall–Kier alpha value is -2.03. The zero-order chi connectivity index (χ0) is 13.2. The van der Waals surface area contributed by atoms with Crippen LogP contribution in [0.2, 0.25) is 0 Å². The number of anilines is 2. The first-order valence-corrected chi connectivity index (χ1v) is 6.87. The second kappa shape index (κ2) is 4.92. The minimum absolute atomic E-state index is 0.624. The van der Waals surface area contributed by atoms with Crippen LogP contribution in [-0.4, -0.2) is 18.1 Å². The van der Waals surface area contributed by atoms with Crippen molar-refractivity contribution in [1.82, 2.24) is 4.98 Å². The fourth-order valence-electron chi connectivity index (χ4n) is 2.80. The summed E-state index contributed by atoms with van der Waals surface area (Å²) >= 11 is 0. The molecule has 0 unspecified atom stereocenters. The number of rotatable bonds is 2. The number of pyridine rings is 1. The Bertz CT molecular complexity index is 625. The van der Waals surface area contributed by atoms with Crippen LogP contribution in [0.25, 0.3) is 16.8 Å². The molecule has 0 spiro atoms. The number of benzene rings is 1. The van der Waals surface area contributed by atoms with Crippen molar-refractivity contribution in [2.45, 2.75) is 19.8 Å². The van der Waals surface area contributed by atoms with Gasteiger partial charge in [-0.05, 0) is 25.2 Å². The summed E-state index contributed by atoms with van der Waals surface area (Å²) in [6.07, 6.45) is 6.53. The van der Waals surface area contributed by atoms with Gasteiger partial charge in [0.2, 0.25) is 0 Å². The van der Waals surface area contributed by atoms with Crippen molar-refractivity contribution >= 4 is 28.5 Å². The largest absolute Gasteiger partial charge is 0.383 e. The Balaban J connectivity index is 2.26. The molecule has 98 valence electrons. The maximum atomic E-state index is 6.15. The lowest BCUT2D eigenvalue weighted by Gasteiger charge is -2.20. The van der Waals surface area contributed by atoms with Crippen molar-refractivity contribution < 1.29 is 0 Å². The molecule has 3 heteroatoms. The molecule has 2 N–H and O–H groups in total. The molecule has 3 rings (SSSR count). The monoisotopic (exact) mass is 253 g/mol. The van der Waals surface area contributed by atoms with Gasteiger partial charge in [-0.2, -0.15) is 0 Å². The quantitative estimate of drug-likeness (QED) is 0.891. The minimum Gasteiger partial charge on any atom is -0.383 e. The lowest BCUT2D eigenvalue weighted by atomic mass is 10.1. The molecule has 0 radical (unpaired) electrons. The van der Waals surface area contributed by atoms with Crippen molar-refractivity contribution in [3.8, 4) is 0 Å². The molecule has 1 saturated heterocycles. The maximum Gasteiger partial charge on any atom is 0.138 e. The molecule has 1 aromatic heterocycles. The van der Waals surface area contributed by atoms with E-state index in [9.17, 15) is 0 Å². The van der Waals surface area contributed by atoms with Crippen LogP contribution >= 0.6 is 0 Å². The zero-order valence-corrected chi connectivity index (χ0v) is 11.3. The SMILES string of the molecule is C/C=C/c1c(N)nc(N2CCCC2)c2ccccc12.